The van der Waals surface area contributed by atoms with Crippen LogP contribution in [0.4, 0.5) is 0 Å². The predicted octanol–water partition coefficient (Wildman–Crippen LogP) is 3.49. The lowest BCUT2D eigenvalue weighted by Gasteiger charge is -2.17. The Balaban J connectivity index is 1.62. The van der Waals surface area contributed by atoms with Crippen LogP contribution in [-0.2, 0) is 25.7 Å². The van der Waals surface area contributed by atoms with Gasteiger partial charge in [-0.25, -0.2) is 14.8 Å². The fourth-order valence-electron chi connectivity index (χ4n) is 3.83. The number of fused-ring (bicyclic) bond motifs is 1. The molecule has 1 aliphatic rings. The molecule has 156 valence electrons. The van der Waals surface area contributed by atoms with Crippen LogP contribution in [0.25, 0.3) is 0 Å². The Kier molecular flexibility index (Phi) is 6.83. The van der Waals surface area contributed by atoms with Gasteiger partial charge in [0.2, 0.25) is 0 Å². The highest BCUT2D eigenvalue weighted by atomic mass is 16.4. The molecule has 0 fully saturated rings. The second kappa shape index (κ2) is 9.33. The Morgan fingerprint density at radius 3 is 2.66 bits per heavy atom. The highest BCUT2D eigenvalue weighted by Gasteiger charge is 2.18. The number of carbonyl (C=O) groups excluding carboxylic acids is 1. The van der Waals surface area contributed by atoms with Crippen molar-refractivity contribution in [2.24, 2.45) is 5.92 Å². The molecule has 1 amide bonds. The van der Waals surface area contributed by atoms with Crippen LogP contribution in [0.3, 0.4) is 0 Å². The van der Waals surface area contributed by atoms with Crippen molar-refractivity contribution in [1.29, 1.82) is 0 Å². The zero-order valence-corrected chi connectivity index (χ0v) is 17.9. The number of aryl methyl sites for hydroxylation is 4. The van der Waals surface area contributed by atoms with Crippen LogP contribution in [0, 0.1) is 19.8 Å². The molecule has 0 aliphatic heterocycles. The summed E-state index contributed by atoms with van der Waals surface area (Å²) in [5.74, 6) is 1.51. The number of carbonyl (C=O) groups is 1. The van der Waals surface area contributed by atoms with Crippen LogP contribution in [-0.4, -0.2) is 22.4 Å². The Labute approximate surface area is 172 Å². The molecule has 0 bridgehead atoms. The molecule has 2 aromatic heterocycles. The molecule has 0 atom stereocenters. The number of amides is 1. The minimum Gasteiger partial charge on any atom is -0.427 e. The molecule has 0 spiro atoms. The fraction of sp³-hybridized carbons (Fsp3) is 0.565. The number of hydrogen-bond donors (Lipinski definition) is 1. The summed E-state index contributed by atoms with van der Waals surface area (Å²) in [5.41, 5.74) is 3.65. The van der Waals surface area contributed by atoms with Crippen molar-refractivity contribution in [1.82, 2.24) is 15.3 Å². The highest BCUT2D eigenvalue weighted by Crippen LogP contribution is 2.21. The van der Waals surface area contributed by atoms with E-state index in [-0.39, 0.29) is 5.56 Å². The Morgan fingerprint density at radius 1 is 1.17 bits per heavy atom. The van der Waals surface area contributed by atoms with Crippen LogP contribution < -0.4 is 10.9 Å². The summed E-state index contributed by atoms with van der Waals surface area (Å²) in [6.45, 7) is 8.44. The van der Waals surface area contributed by atoms with Gasteiger partial charge in [0.25, 0.3) is 5.91 Å². The number of rotatable bonds is 7. The standard InChI is InChI=1S/C23H31N3O3/c1-14(2)9-10-17-13-15(3)21(23(28)29-17)22(27)24-12-11-20-25-16(4)18-7-5-6-8-19(18)26-20/h13-14H,5-12H2,1-4H3,(H,24,27). The van der Waals surface area contributed by atoms with Crippen LogP contribution in [0.15, 0.2) is 15.3 Å². The summed E-state index contributed by atoms with van der Waals surface area (Å²) in [6.07, 6.45) is 6.60. The molecule has 6 nitrogen and oxygen atoms in total. The van der Waals surface area contributed by atoms with Crippen molar-refractivity contribution < 1.29 is 9.21 Å². The quantitative estimate of drug-likeness (QED) is 0.773. The molecular formula is C23H31N3O3. The van der Waals surface area contributed by atoms with E-state index < -0.39 is 11.5 Å². The molecule has 29 heavy (non-hydrogen) atoms. The molecule has 2 heterocycles. The summed E-state index contributed by atoms with van der Waals surface area (Å²) in [7, 11) is 0. The summed E-state index contributed by atoms with van der Waals surface area (Å²) >= 11 is 0. The zero-order valence-electron chi connectivity index (χ0n) is 17.9. The van der Waals surface area contributed by atoms with Gasteiger partial charge in [-0.05, 0) is 69.1 Å². The number of nitrogens with one attached hydrogen (secondary N) is 1. The van der Waals surface area contributed by atoms with E-state index in [0.717, 1.165) is 36.5 Å². The van der Waals surface area contributed by atoms with Gasteiger partial charge in [0.15, 0.2) is 0 Å². The first-order valence-electron chi connectivity index (χ1n) is 10.6. The zero-order chi connectivity index (χ0) is 21.0. The number of nitrogens with zero attached hydrogens (tertiary/aromatic N) is 2. The molecule has 0 saturated heterocycles. The monoisotopic (exact) mass is 397 g/mol. The third-order valence-electron chi connectivity index (χ3n) is 5.47. The van der Waals surface area contributed by atoms with E-state index in [1.807, 2.05) is 6.92 Å². The van der Waals surface area contributed by atoms with Crippen molar-refractivity contribution in [3.05, 3.63) is 56.1 Å². The predicted molar refractivity (Wildman–Crippen MR) is 112 cm³/mol. The topological polar surface area (TPSA) is 85.1 Å². The van der Waals surface area contributed by atoms with Crippen LogP contribution in [0.1, 0.15) is 77.6 Å². The van der Waals surface area contributed by atoms with Gasteiger partial charge in [0.1, 0.15) is 17.1 Å². The number of hydrogen-bond acceptors (Lipinski definition) is 5. The van der Waals surface area contributed by atoms with Crippen LogP contribution in [0.2, 0.25) is 0 Å². The summed E-state index contributed by atoms with van der Waals surface area (Å²) in [6, 6.07) is 1.80. The Bertz CT molecular complexity index is 947. The van der Waals surface area contributed by atoms with Crippen molar-refractivity contribution in [2.45, 2.75) is 72.6 Å². The molecule has 1 N–H and O–H groups in total. The van der Waals surface area contributed by atoms with Crippen LogP contribution in [0.5, 0.6) is 0 Å². The van der Waals surface area contributed by atoms with E-state index in [4.69, 9.17) is 4.42 Å². The number of aromatic nitrogens is 2. The van der Waals surface area contributed by atoms with Gasteiger partial charge in [-0.3, -0.25) is 4.79 Å². The highest BCUT2D eigenvalue weighted by molar-refractivity contribution is 5.95. The van der Waals surface area contributed by atoms with Crippen LogP contribution >= 0.6 is 0 Å². The van der Waals surface area contributed by atoms with Crippen molar-refractivity contribution in [3.8, 4) is 0 Å². The fourth-order valence-corrected chi connectivity index (χ4v) is 3.83. The lowest BCUT2D eigenvalue weighted by atomic mass is 9.95. The van der Waals surface area contributed by atoms with Crippen molar-refractivity contribution in [2.75, 3.05) is 6.54 Å². The average Bonchev–Trinajstić information content (AvgIpc) is 2.66. The summed E-state index contributed by atoms with van der Waals surface area (Å²) in [4.78, 5) is 34.2. The molecule has 2 aromatic rings. The van der Waals surface area contributed by atoms with E-state index in [1.54, 1.807) is 13.0 Å². The first kappa shape index (κ1) is 21.2. The lowest BCUT2D eigenvalue weighted by molar-refractivity contribution is 0.0949. The first-order chi connectivity index (χ1) is 13.8. The maximum atomic E-state index is 12.5. The Morgan fingerprint density at radius 2 is 1.93 bits per heavy atom. The molecule has 1 aliphatic carbocycles. The molecule has 3 rings (SSSR count). The van der Waals surface area contributed by atoms with E-state index in [2.05, 4.69) is 29.1 Å². The van der Waals surface area contributed by atoms with Gasteiger partial charge < -0.3 is 9.73 Å². The maximum Gasteiger partial charge on any atom is 0.349 e. The van der Waals surface area contributed by atoms with E-state index in [0.29, 0.717) is 36.6 Å². The second-order valence-corrected chi connectivity index (χ2v) is 8.35. The first-order valence-corrected chi connectivity index (χ1v) is 10.6. The largest absolute Gasteiger partial charge is 0.427 e. The van der Waals surface area contributed by atoms with E-state index in [9.17, 15) is 9.59 Å². The molecule has 6 heteroatoms. The minimum atomic E-state index is -0.567. The van der Waals surface area contributed by atoms with E-state index >= 15 is 0 Å². The molecule has 0 radical (unpaired) electrons. The van der Waals surface area contributed by atoms with Gasteiger partial charge in [-0.1, -0.05) is 13.8 Å². The third kappa shape index (κ3) is 5.31. The van der Waals surface area contributed by atoms with Gasteiger partial charge >= 0.3 is 5.63 Å². The average molecular weight is 398 g/mol. The second-order valence-electron chi connectivity index (χ2n) is 8.35. The van der Waals surface area contributed by atoms with Crippen molar-refractivity contribution in [3.63, 3.8) is 0 Å². The van der Waals surface area contributed by atoms with Gasteiger partial charge in [-0.2, -0.15) is 0 Å². The normalized spacial score (nSPS) is 13.4. The third-order valence-corrected chi connectivity index (χ3v) is 5.47. The minimum absolute atomic E-state index is 0.0841. The molecule has 0 unspecified atom stereocenters. The van der Waals surface area contributed by atoms with Gasteiger partial charge in [0, 0.05) is 30.8 Å². The van der Waals surface area contributed by atoms with Gasteiger partial charge in [-0.15, -0.1) is 0 Å². The Hall–Kier alpha value is -2.50. The molecule has 0 aromatic carbocycles. The maximum absolute atomic E-state index is 12.5. The van der Waals surface area contributed by atoms with Gasteiger partial charge in [0.05, 0.1) is 0 Å². The smallest absolute Gasteiger partial charge is 0.349 e. The molecular weight excluding hydrogens is 366 g/mol. The van der Waals surface area contributed by atoms with E-state index in [1.165, 1.54) is 18.4 Å². The SMILES string of the molecule is Cc1cc(CCC(C)C)oc(=O)c1C(=O)NCCc1nc(C)c2c(n1)CCCC2. The molecule has 0 saturated carbocycles. The summed E-state index contributed by atoms with van der Waals surface area (Å²) < 4.78 is 5.36. The summed E-state index contributed by atoms with van der Waals surface area (Å²) in [5, 5.41) is 2.82. The lowest BCUT2D eigenvalue weighted by Crippen LogP contribution is -2.31. The van der Waals surface area contributed by atoms with Crippen molar-refractivity contribution >= 4 is 5.91 Å².